The minimum atomic E-state index is -0.181. The van der Waals surface area contributed by atoms with Crippen LogP contribution in [0.15, 0.2) is 102 Å². The van der Waals surface area contributed by atoms with Crippen LogP contribution in [0, 0.1) is 0 Å². The largest absolute Gasteiger partial charge is 0.268 e. The normalized spacial score (nSPS) is 11.2. The summed E-state index contributed by atoms with van der Waals surface area (Å²) < 4.78 is 3.30. The van der Waals surface area contributed by atoms with Gasteiger partial charge in [0.25, 0.3) is 5.56 Å². The molecule has 0 amide bonds. The Morgan fingerprint density at radius 3 is 2.53 bits per heavy atom. The molecule has 164 valence electrons. The average Bonchev–Trinajstić information content (AvgIpc) is 3.51. The molecule has 8 heteroatoms. The summed E-state index contributed by atoms with van der Waals surface area (Å²) >= 11 is 1.50. The summed E-state index contributed by atoms with van der Waals surface area (Å²) in [5.41, 5.74) is 5.90. The molecule has 0 aliphatic carbocycles. The summed E-state index contributed by atoms with van der Waals surface area (Å²) in [6.07, 6.45) is 5.42. The minimum Gasteiger partial charge on any atom is -0.268 e. The molecule has 0 unspecified atom stereocenters. The molecule has 0 bridgehead atoms. The van der Waals surface area contributed by atoms with Gasteiger partial charge in [0, 0.05) is 41.2 Å². The number of benzene rings is 1. The van der Waals surface area contributed by atoms with Gasteiger partial charge in [0.1, 0.15) is 10.7 Å². The Hall–Kier alpha value is -4.43. The second-order valence-electron chi connectivity index (χ2n) is 7.70. The predicted molar refractivity (Wildman–Crippen MR) is 133 cm³/mol. The van der Waals surface area contributed by atoms with Gasteiger partial charge in [-0.25, -0.2) is 14.2 Å². The van der Waals surface area contributed by atoms with Crippen molar-refractivity contribution >= 4 is 16.9 Å². The van der Waals surface area contributed by atoms with E-state index >= 15 is 0 Å². The van der Waals surface area contributed by atoms with Gasteiger partial charge in [0.05, 0.1) is 29.0 Å². The summed E-state index contributed by atoms with van der Waals surface area (Å²) in [6.45, 7) is 0.289. The zero-order chi connectivity index (χ0) is 22.9. The van der Waals surface area contributed by atoms with E-state index in [1.54, 1.807) is 24.5 Å². The maximum absolute atomic E-state index is 12.7. The Kier molecular flexibility index (Phi) is 5.04. The lowest BCUT2D eigenvalue weighted by atomic mass is 10.0. The smallest absolute Gasteiger partial charge is 0.267 e. The Morgan fingerprint density at radius 1 is 0.824 bits per heavy atom. The number of fused-ring (bicyclic) bond motifs is 1. The van der Waals surface area contributed by atoms with Gasteiger partial charge < -0.3 is 0 Å². The molecule has 6 aromatic rings. The first-order valence-corrected chi connectivity index (χ1v) is 11.6. The van der Waals surface area contributed by atoms with Crippen LogP contribution in [0.3, 0.4) is 0 Å². The summed E-state index contributed by atoms with van der Waals surface area (Å²) in [4.78, 5) is 21.5. The van der Waals surface area contributed by atoms with Crippen LogP contribution in [-0.4, -0.2) is 29.4 Å². The monoisotopic (exact) mass is 462 g/mol. The maximum Gasteiger partial charge on any atom is 0.267 e. The third-order valence-electron chi connectivity index (χ3n) is 5.50. The number of hydrogen-bond donors (Lipinski definition) is 0. The molecule has 0 fully saturated rings. The van der Waals surface area contributed by atoms with Gasteiger partial charge in [-0.3, -0.25) is 9.78 Å². The zero-order valence-electron chi connectivity index (χ0n) is 17.9. The Bertz CT molecular complexity index is 1650. The van der Waals surface area contributed by atoms with E-state index in [0.29, 0.717) is 5.69 Å². The SMILES string of the molecule is O=c1ccc(-c2c(-c3ccccc3)nn3ccccc23)nn1Cc1nc(-c2cccnc2)cs1. The molecule has 0 radical (unpaired) electrons. The first-order chi connectivity index (χ1) is 16.8. The van der Waals surface area contributed by atoms with E-state index in [-0.39, 0.29) is 12.1 Å². The van der Waals surface area contributed by atoms with E-state index < -0.39 is 0 Å². The Labute approximate surface area is 198 Å². The summed E-state index contributed by atoms with van der Waals surface area (Å²) in [6, 6.07) is 23.1. The van der Waals surface area contributed by atoms with Crippen LogP contribution < -0.4 is 5.56 Å². The van der Waals surface area contributed by atoms with E-state index in [0.717, 1.165) is 38.6 Å². The second-order valence-corrected chi connectivity index (χ2v) is 8.65. The van der Waals surface area contributed by atoms with Gasteiger partial charge >= 0.3 is 0 Å². The van der Waals surface area contributed by atoms with E-state index in [1.165, 1.54) is 16.0 Å². The van der Waals surface area contributed by atoms with Gasteiger partial charge in [-0.1, -0.05) is 36.4 Å². The average molecular weight is 463 g/mol. The number of nitrogens with zero attached hydrogens (tertiary/aromatic N) is 6. The molecule has 6 rings (SSSR count). The molecule has 0 saturated heterocycles. The van der Waals surface area contributed by atoms with Crippen molar-refractivity contribution in [2.24, 2.45) is 0 Å². The predicted octanol–water partition coefficient (Wildman–Crippen LogP) is 4.79. The van der Waals surface area contributed by atoms with Crippen LogP contribution in [0.1, 0.15) is 5.01 Å². The van der Waals surface area contributed by atoms with Gasteiger partial charge in [-0.05, 0) is 30.3 Å². The Morgan fingerprint density at radius 2 is 1.68 bits per heavy atom. The summed E-state index contributed by atoms with van der Waals surface area (Å²) in [5, 5.41) is 12.3. The van der Waals surface area contributed by atoms with Gasteiger partial charge in [-0.2, -0.15) is 10.2 Å². The van der Waals surface area contributed by atoms with Crippen LogP contribution in [0.2, 0.25) is 0 Å². The standard InChI is InChI=1S/C26H18N6OS/c33-24-12-11-20(29-32(24)16-23-28-21(17-34-23)19-9-6-13-27-15-19)25-22-10-4-5-14-31(22)30-26(25)18-7-2-1-3-8-18/h1-15,17H,16H2. The fourth-order valence-electron chi connectivity index (χ4n) is 3.90. The number of rotatable bonds is 5. The van der Waals surface area contributed by atoms with Crippen molar-refractivity contribution < 1.29 is 0 Å². The van der Waals surface area contributed by atoms with Crippen LogP contribution in [0.5, 0.6) is 0 Å². The van der Waals surface area contributed by atoms with Crippen molar-refractivity contribution in [3.63, 3.8) is 0 Å². The highest BCUT2D eigenvalue weighted by atomic mass is 32.1. The molecule has 0 spiro atoms. The van der Waals surface area contributed by atoms with E-state index in [9.17, 15) is 4.79 Å². The van der Waals surface area contributed by atoms with Crippen LogP contribution >= 0.6 is 11.3 Å². The van der Waals surface area contributed by atoms with Crippen molar-refractivity contribution in [1.82, 2.24) is 29.4 Å². The first-order valence-electron chi connectivity index (χ1n) is 10.7. The van der Waals surface area contributed by atoms with Crippen molar-refractivity contribution in [3.05, 3.63) is 112 Å². The molecule has 5 aromatic heterocycles. The highest BCUT2D eigenvalue weighted by Gasteiger charge is 2.18. The maximum atomic E-state index is 12.7. The quantitative estimate of drug-likeness (QED) is 0.368. The number of pyridine rings is 2. The third-order valence-corrected chi connectivity index (χ3v) is 6.34. The van der Waals surface area contributed by atoms with E-state index in [4.69, 9.17) is 10.2 Å². The lowest BCUT2D eigenvalue weighted by Gasteiger charge is -2.07. The third kappa shape index (κ3) is 3.70. The topological polar surface area (TPSA) is 78.0 Å². The van der Waals surface area contributed by atoms with Crippen LogP contribution in [0.25, 0.3) is 39.3 Å². The Balaban J connectivity index is 1.43. The number of hydrogen-bond acceptors (Lipinski definition) is 6. The lowest BCUT2D eigenvalue weighted by molar-refractivity contribution is 0.640. The lowest BCUT2D eigenvalue weighted by Crippen LogP contribution is -2.22. The van der Waals surface area contributed by atoms with Crippen molar-refractivity contribution in [3.8, 4) is 33.8 Å². The number of aromatic nitrogens is 6. The van der Waals surface area contributed by atoms with E-state index in [1.807, 2.05) is 76.8 Å². The molecule has 0 saturated carbocycles. The van der Waals surface area contributed by atoms with Gasteiger partial charge in [0.15, 0.2) is 0 Å². The summed E-state index contributed by atoms with van der Waals surface area (Å²) in [7, 11) is 0. The molecule has 0 aliphatic heterocycles. The zero-order valence-corrected chi connectivity index (χ0v) is 18.8. The molecule has 0 aliphatic rings. The van der Waals surface area contributed by atoms with Gasteiger partial charge in [0.2, 0.25) is 0 Å². The second kappa shape index (κ2) is 8.49. The van der Waals surface area contributed by atoms with Gasteiger partial charge in [-0.15, -0.1) is 11.3 Å². The summed E-state index contributed by atoms with van der Waals surface area (Å²) in [5.74, 6) is 0. The van der Waals surface area contributed by atoms with Crippen LogP contribution in [0.4, 0.5) is 0 Å². The highest BCUT2D eigenvalue weighted by molar-refractivity contribution is 7.09. The fourth-order valence-corrected chi connectivity index (χ4v) is 4.69. The number of thiazole rings is 1. The molecule has 0 atom stereocenters. The molecule has 1 aromatic carbocycles. The highest BCUT2D eigenvalue weighted by Crippen LogP contribution is 2.33. The van der Waals surface area contributed by atoms with E-state index in [2.05, 4.69) is 9.97 Å². The molecule has 5 heterocycles. The molecule has 34 heavy (non-hydrogen) atoms. The fraction of sp³-hybridized carbons (Fsp3) is 0.0385. The molecular formula is C26H18N6OS. The van der Waals surface area contributed by atoms with Crippen molar-refractivity contribution in [2.75, 3.05) is 0 Å². The molecular weight excluding hydrogens is 444 g/mol. The first kappa shape index (κ1) is 20.2. The van der Waals surface area contributed by atoms with Crippen LogP contribution in [-0.2, 0) is 6.54 Å². The van der Waals surface area contributed by atoms with Crippen molar-refractivity contribution in [2.45, 2.75) is 6.54 Å². The molecule has 0 N–H and O–H groups in total. The minimum absolute atomic E-state index is 0.181. The molecule has 7 nitrogen and oxygen atoms in total. The van der Waals surface area contributed by atoms with Crippen molar-refractivity contribution in [1.29, 1.82) is 0 Å².